The molecule has 1 atom stereocenters. The maximum atomic E-state index is 13.0. The Labute approximate surface area is 174 Å². The van der Waals surface area contributed by atoms with E-state index < -0.39 is 0 Å². The van der Waals surface area contributed by atoms with Crippen LogP contribution in [0.25, 0.3) is 11.0 Å². The van der Waals surface area contributed by atoms with Crippen LogP contribution >= 0.6 is 11.6 Å². The zero-order chi connectivity index (χ0) is 20.4. The molecule has 0 bridgehead atoms. The highest BCUT2D eigenvalue weighted by molar-refractivity contribution is 6.31. The second-order valence-electron chi connectivity index (χ2n) is 7.39. The number of ether oxygens (including phenoxy) is 1. The van der Waals surface area contributed by atoms with E-state index in [4.69, 9.17) is 20.8 Å². The number of carbonyl (C=O) groups is 1. The minimum atomic E-state index is -0.241. The molecule has 1 unspecified atom stereocenters. The smallest absolute Gasteiger partial charge is 0.256 e. The van der Waals surface area contributed by atoms with Gasteiger partial charge in [-0.1, -0.05) is 23.7 Å². The number of benzene rings is 2. The van der Waals surface area contributed by atoms with Gasteiger partial charge in [-0.25, -0.2) is 4.99 Å². The van der Waals surface area contributed by atoms with Crippen molar-refractivity contribution in [2.75, 3.05) is 13.2 Å². The van der Waals surface area contributed by atoms with Gasteiger partial charge in [0.1, 0.15) is 11.1 Å². The normalized spacial score (nSPS) is 17.1. The molecule has 2 heterocycles. The van der Waals surface area contributed by atoms with Crippen LogP contribution < -0.4 is 10.9 Å². The molecule has 0 saturated carbocycles. The number of hydrogen-bond donors (Lipinski definition) is 1. The maximum Gasteiger partial charge on any atom is 0.256 e. The Balaban J connectivity index is 1.79. The van der Waals surface area contributed by atoms with Crippen LogP contribution in [-0.4, -0.2) is 25.2 Å². The molecule has 0 spiro atoms. The summed E-state index contributed by atoms with van der Waals surface area (Å²) in [6.07, 6.45) is 2.04. The summed E-state index contributed by atoms with van der Waals surface area (Å²) in [6.45, 7) is 5.20. The van der Waals surface area contributed by atoms with Gasteiger partial charge < -0.3 is 14.5 Å². The van der Waals surface area contributed by atoms with E-state index in [0.717, 1.165) is 41.6 Å². The third-order valence-corrected chi connectivity index (χ3v) is 5.29. The summed E-state index contributed by atoms with van der Waals surface area (Å²) in [6, 6.07) is 13.1. The molecule has 150 valence electrons. The van der Waals surface area contributed by atoms with Crippen molar-refractivity contribution in [3.05, 3.63) is 69.7 Å². The summed E-state index contributed by atoms with van der Waals surface area (Å²) in [5, 5.41) is 4.29. The summed E-state index contributed by atoms with van der Waals surface area (Å²) in [7, 11) is 0. The van der Waals surface area contributed by atoms with Gasteiger partial charge in [-0.05, 0) is 68.1 Å². The Morgan fingerprint density at radius 3 is 2.86 bits per heavy atom. The van der Waals surface area contributed by atoms with Crippen molar-refractivity contribution < 1.29 is 13.9 Å². The predicted octanol–water partition coefficient (Wildman–Crippen LogP) is 4.84. The molecule has 29 heavy (non-hydrogen) atoms. The van der Waals surface area contributed by atoms with Gasteiger partial charge in [-0.15, -0.1) is 0 Å². The van der Waals surface area contributed by atoms with Gasteiger partial charge in [-0.2, -0.15) is 0 Å². The van der Waals surface area contributed by atoms with Crippen molar-refractivity contribution in [3.63, 3.8) is 0 Å². The van der Waals surface area contributed by atoms with Crippen molar-refractivity contribution in [2.45, 2.75) is 32.8 Å². The Bertz CT molecular complexity index is 1130. The first-order valence-electron chi connectivity index (χ1n) is 9.75. The van der Waals surface area contributed by atoms with E-state index in [9.17, 15) is 4.79 Å². The predicted molar refractivity (Wildman–Crippen MR) is 114 cm³/mol. The monoisotopic (exact) mass is 410 g/mol. The van der Waals surface area contributed by atoms with Crippen LogP contribution in [0.5, 0.6) is 0 Å². The van der Waals surface area contributed by atoms with Crippen molar-refractivity contribution in [1.82, 2.24) is 5.32 Å². The van der Waals surface area contributed by atoms with Gasteiger partial charge >= 0.3 is 0 Å². The topological polar surface area (TPSA) is 63.8 Å². The summed E-state index contributed by atoms with van der Waals surface area (Å²) in [5.74, 6) is -0.241. The van der Waals surface area contributed by atoms with Gasteiger partial charge in [0.15, 0.2) is 0 Å². The number of nitrogens with zero attached hydrogens (tertiary/aromatic N) is 1. The van der Waals surface area contributed by atoms with Crippen molar-refractivity contribution in [1.29, 1.82) is 0 Å². The highest BCUT2D eigenvalue weighted by Gasteiger charge is 2.18. The van der Waals surface area contributed by atoms with E-state index in [1.165, 1.54) is 0 Å². The van der Waals surface area contributed by atoms with Crippen LogP contribution in [0.1, 0.15) is 34.3 Å². The summed E-state index contributed by atoms with van der Waals surface area (Å²) in [4.78, 5) is 17.7. The van der Waals surface area contributed by atoms with Gasteiger partial charge in [0.25, 0.3) is 5.91 Å². The molecule has 1 saturated heterocycles. The lowest BCUT2D eigenvalue weighted by atomic mass is 10.1. The first-order valence-corrected chi connectivity index (χ1v) is 10.1. The Kier molecular flexibility index (Phi) is 5.69. The van der Waals surface area contributed by atoms with E-state index in [-0.39, 0.29) is 17.6 Å². The minimum Gasteiger partial charge on any atom is -0.438 e. The van der Waals surface area contributed by atoms with Gasteiger partial charge in [0, 0.05) is 23.6 Å². The Hall–Kier alpha value is -2.63. The molecule has 1 aliphatic rings. The number of rotatable bonds is 4. The van der Waals surface area contributed by atoms with E-state index in [1.807, 2.05) is 32.0 Å². The molecule has 1 aliphatic heterocycles. The lowest BCUT2D eigenvalue weighted by Crippen LogP contribution is -2.34. The third-order valence-electron chi connectivity index (χ3n) is 5.05. The van der Waals surface area contributed by atoms with Gasteiger partial charge in [0.05, 0.1) is 11.8 Å². The number of carbonyl (C=O) groups excluding carboxylic acids is 1. The number of fused-ring (bicyclic) bond motifs is 1. The fourth-order valence-corrected chi connectivity index (χ4v) is 3.58. The van der Waals surface area contributed by atoms with Crippen LogP contribution in [0.15, 0.2) is 51.9 Å². The Morgan fingerprint density at radius 1 is 1.21 bits per heavy atom. The molecular formula is C23H23ClN2O3. The SMILES string of the molecule is Cc1ccc(C)c(N=c2oc3ccc(Cl)cc3cc2C(=O)NCC2CCCO2)c1. The van der Waals surface area contributed by atoms with Crippen LogP contribution in [-0.2, 0) is 4.74 Å². The van der Waals surface area contributed by atoms with Gasteiger partial charge in [0.2, 0.25) is 5.55 Å². The number of nitrogens with one attached hydrogen (secondary N) is 1. The highest BCUT2D eigenvalue weighted by Crippen LogP contribution is 2.22. The van der Waals surface area contributed by atoms with Gasteiger partial charge in [-0.3, -0.25) is 4.79 Å². The van der Waals surface area contributed by atoms with E-state index in [0.29, 0.717) is 22.7 Å². The largest absolute Gasteiger partial charge is 0.438 e. The van der Waals surface area contributed by atoms with Crippen LogP contribution in [0.4, 0.5) is 5.69 Å². The van der Waals surface area contributed by atoms with E-state index in [1.54, 1.807) is 24.3 Å². The third kappa shape index (κ3) is 4.52. The Morgan fingerprint density at radius 2 is 2.07 bits per heavy atom. The molecule has 2 aromatic carbocycles. The molecule has 0 aliphatic carbocycles. The number of hydrogen-bond acceptors (Lipinski definition) is 4. The van der Waals surface area contributed by atoms with Crippen LogP contribution in [0.2, 0.25) is 5.02 Å². The fourth-order valence-electron chi connectivity index (χ4n) is 3.40. The zero-order valence-corrected chi connectivity index (χ0v) is 17.3. The molecule has 1 N–H and O–H groups in total. The second kappa shape index (κ2) is 8.39. The summed E-state index contributed by atoms with van der Waals surface area (Å²) >= 11 is 6.12. The lowest BCUT2D eigenvalue weighted by molar-refractivity contribution is 0.0854. The van der Waals surface area contributed by atoms with Crippen molar-refractivity contribution >= 4 is 34.2 Å². The number of halogens is 1. The maximum absolute atomic E-state index is 13.0. The number of aryl methyl sites for hydroxylation is 2. The second-order valence-corrected chi connectivity index (χ2v) is 7.83. The summed E-state index contributed by atoms with van der Waals surface area (Å²) < 4.78 is 11.6. The molecular weight excluding hydrogens is 388 g/mol. The average molecular weight is 411 g/mol. The quantitative estimate of drug-likeness (QED) is 0.669. The van der Waals surface area contributed by atoms with Crippen molar-refractivity contribution in [2.24, 2.45) is 4.99 Å². The zero-order valence-electron chi connectivity index (χ0n) is 16.5. The molecule has 1 amide bonds. The molecule has 1 aromatic heterocycles. The molecule has 3 aromatic rings. The van der Waals surface area contributed by atoms with E-state index >= 15 is 0 Å². The highest BCUT2D eigenvalue weighted by atomic mass is 35.5. The first-order chi connectivity index (χ1) is 14.0. The van der Waals surface area contributed by atoms with E-state index in [2.05, 4.69) is 10.3 Å². The van der Waals surface area contributed by atoms with Crippen LogP contribution in [0.3, 0.4) is 0 Å². The fraction of sp³-hybridized carbons (Fsp3) is 0.304. The molecule has 4 rings (SSSR count). The first kappa shape index (κ1) is 19.7. The molecule has 1 fully saturated rings. The molecule has 5 nitrogen and oxygen atoms in total. The lowest BCUT2D eigenvalue weighted by Gasteiger charge is -2.11. The summed E-state index contributed by atoms with van der Waals surface area (Å²) in [5.41, 5.74) is 4.14. The standard InChI is InChI=1S/C23H23ClN2O3/c1-14-5-6-15(2)20(10-14)26-23-19(22(27)25-13-18-4-3-9-28-18)12-16-11-17(24)7-8-21(16)29-23/h5-8,10-12,18H,3-4,9,13H2,1-2H3,(H,25,27). The number of amides is 1. The molecule has 6 heteroatoms. The average Bonchev–Trinajstić information content (AvgIpc) is 3.22. The van der Waals surface area contributed by atoms with Crippen molar-refractivity contribution in [3.8, 4) is 0 Å². The molecule has 0 radical (unpaired) electrons. The minimum absolute atomic E-state index is 0.0604. The van der Waals surface area contributed by atoms with Crippen LogP contribution in [0, 0.1) is 13.8 Å².